The van der Waals surface area contributed by atoms with Gasteiger partial charge in [0.15, 0.2) is 0 Å². The van der Waals surface area contributed by atoms with Crippen LogP contribution in [0.2, 0.25) is 0 Å². The van der Waals surface area contributed by atoms with E-state index in [0.717, 1.165) is 18.4 Å². The lowest BCUT2D eigenvalue weighted by Crippen LogP contribution is -2.56. The van der Waals surface area contributed by atoms with E-state index in [1.807, 2.05) is 45.8 Å². The molecule has 1 saturated heterocycles. The first-order chi connectivity index (χ1) is 15.9. The van der Waals surface area contributed by atoms with Crippen LogP contribution in [0.25, 0.3) is 5.52 Å². The summed E-state index contributed by atoms with van der Waals surface area (Å²) in [5, 5.41) is 3.18. The Morgan fingerprint density at radius 2 is 1.94 bits per heavy atom. The van der Waals surface area contributed by atoms with Gasteiger partial charge in [-0.05, 0) is 42.9 Å². The molecule has 0 spiro atoms. The second-order valence-corrected chi connectivity index (χ2v) is 9.36. The van der Waals surface area contributed by atoms with Gasteiger partial charge in [-0.1, -0.05) is 44.2 Å². The number of imidazole rings is 1. The van der Waals surface area contributed by atoms with Crippen LogP contribution in [0.4, 0.5) is 0 Å². The van der Waals surface area contributed by atoms with Crippen molar-refractivity contribution < 1.29 is 9.59 Å². The van der Waals surface area contributed by atoms with E-state index in [4.69, 9.17) is 5.73 Å². The maximum absolute atomic E-state index is 13.4. The van der Waals surface area contributed by atoms with Crippen LogP contribution in [0, 0.1) is 5.92 Å². The number of pyridine rings is 1. The Morgan fingerprint density at radius 3 is 2.70 bits per heavy atom. The zero-order valence-electron chi connectivity index (χ0n) is 19.4. The van der Waals surface area contributed by atoms with E-state index < -0.39 is 6.04 Å². The molecule has 174 valence electrons. The highest BCUT2D eigenvalue weighted by molar-refractivity contribution is 6.00. The van der Waals surface area contributed by atoms with Gasteiger partial charge in [0.1, 0.15) is 0 Å². The maximum atomic E-state index is 13.4. The molecule has 1 aliphatic rings. The number of amides is 2. The topological polar surface area (TPSA) is 92.7 Å². The van der Waals surface area contributed by atoms with Crippen molar-refractivity contribution in [2.45, 2.75) is 51.1 Å². The molecule has 0 bridgehead atoms. The average molecular weight is 448 g/mol. The predicted octanol–water partition coefficient (Wildman–Crippen LogP) is 3.21. The number of hydrogen-bond acceptors (Lipinski definition) is 4. The standard InChI is InChI=1S/C26H33N5O2/c1-18(2)10-11-22(27)25(32)29-23-16-30(14-12-20(23)19-7-4-3-5-8-19)26(33)21-9-6-13-31-17-28-15-24(21)31/h3-9,13,15,17-18,20,22-23H,10-12,14,16,27H2,1-2H3,(H,29,32)/t20-,22+,23+/m0/s1. The number of rotatable bonds is 7. The summed E-state index contributed by atoms with van der Waals surface area (Å²) in [6.45, 7) is 5.32. The number of hydrogen-bond donors (Lipinski definition) is 2. The molecule has 7 heteroatoms. The number of aromatic nitrogens is 2. The van der Waals surface area contributed by atoms with Crippen LogP contribution in [0.5, 0.6) is 0 Å². The van der Waals surface area contributed by atoms with Crippen molar-refractivity contribution in [3.8, 4) is 0 Å². The predicted molar refractivity (Wildman–Crippen MR) is 129 cm³/mol. The van der Waals surface area contributed by atoms with Gasteiger partial charge in [0.2, 0.25) is 5.91 Å². The maximum Gasteiger partial charge on any atom is 0.256 e. The Bertz CT molecular complexity index is 1090. The second kappa shape index (κ2) is 10.2. The van der Waals surface area contributed by atoms with E-state index in [1.165, 1.54) is 5.56 Å². The molecule has 4 rings (SSSR count). The number of nitrogens with zero attached hydrogens (tertiary/aromatic N) is 3. The Morgan fingerprint density at radius 1 is 1.15 bits per heavy atom. The van der Waals surface area contributed by atoms with Gasteiger partial charge in [0.25, 0.3) is 5.91 Å². The highest BCUT2D eigenvalue weighted by Crippen LogP contribution is 2.30. The molecule has 0 unspecified atom stereocenters. The van der Waals surface area contributed by atoms with Crippen molar-refractivity contribution in [3.63, 3.8) is 0 Å². The van der Waals surface area contributed by atoms with E-state index in [2.05, 4.69) is 36.3 Å². The first-order valence-electron chi connectivity index (χ1n) is 11.7. The molecule has 2 amide bonds. The van der Waals surface area contributed by atoms with Crippen molar-refractivity contribution in [2.24, 2.45) is 11.7 Å². The molecule has 3 aromatic rings. The summed E-state index contributed by atoms with van der Waals surface area (Å²) in [7, 11) is 0. The fourth-order valence-corrected chi connectivity index (χ4v) is 4.62. The summed E-state index contributed by atoms with van der Waals surface area (Å²) in [5.74, 6) is 0.432. The molecule has 1 aromatic carbocycles. The molecule has 3 atom stereocenters. The Kier molecular flexibility index (Phi) is 7.08. The van der Waals surface area contributed by atoms with Gasteiger partial charge < -0.3 is 20.4 Å². The first-order valence-corrected chi connectivity index (χ1v) is 11.7. The summed E-state index contributed by atoms with van der Waals surface area (Å²) in [5.41, 5.74) is 8.77. The zero-order valence-corrected chi connectivity index (χ0v) is 19.4. The lowest BCUT2D eigenvalue weighted by Gasteiger charge is -2.39. The van der Waals surface area contributed by atoms with Gasteiger partial charge in [-0.2, -0.15) is 0 Å². The molecule has 0 aliphatic carbocycles. The summed E-state index contributed by atoms with van der Waals surface area (Å²) in [4.78, 5) is 32.4. The van der Waals surface area contributed by atoms with Crippen molar-refractivity contribution in [3.05, 3.63) is 72.3 Å². The molecular formula is C26H33N5O2. The molecule has 1 fully saturated rings. The largest absolute Gasteiger partial charge is 0.350 e. The number of nitrogens with two attached hydrogens (primary N) is 1. The van der Waals surface area contributed by atoms with Crippen molar-refractivity contribution in [1.29, 1.82) is 0 Å². The summed E-state index contributed by atoms with van der Waals surface area (Å²) in [6, 6.07) is 13.1. The minimum Gasteiger partial charge on any atom is -0.350 e. The molecule has 0 radical (unpaired) electrons. The first kappa shape index (κ1) is 23.0. The number of likely N-dealkylation sites (tertiary alicyclic amines) is 1. The van der Waals surface area contributed by atoms with E-state index >= 15 is 0 Å². The van der Waals surface area contributed by atoms with Crippen molar-refractivity contribution in [2.75, 3.05) is 13.1 Å². The number of nitrogens with one attached hydrogen (secondary N) is 1. The Balaban J connectivity index is 1.54. The highest BCUT2D eigenvalue weighted by atomic mass is 16.2. The van der Waals surface area contributed by atoms with Crippen LogP contribution in [-0.2, 0) is 4.79 Å². The fraction of sp³-hybridized carbons (Fsp3) is 0.423. The SMILES string of the molecule is CC(C)CC[C@@H](N)C(=O)N[C@@H]1CN(C(=O)c2cccn3cncc23)CC[C@H]1c1ccccc1. The number of fused-ring (bicyclic) bond motifs is 1. The Labute approximate surface area is 195 Å². The quantitative estimate of drug-likeness (QED) is 0.582. The van der Waals surface area contributed by atoms with E-state index in [0.29, 0.717) is 31.0 Å². The molecule has 33 heavy (non-hydrogen) atoms. The van der Waals surface area contributed by atoms with Gasteiger partial charge >= 0.3 is 0 Å². The number of carbonyl (C=O) groups excluding carboxylic acids is 2. The number of piperidine rings is 1. The molecular weight excluding hydrogens is 414 g/mol. The molecule has 3 heterocycles. The average Bonchev–Trinajstić information content (AvgIpc) is 3.31. The summed E-state index contributed by atoms with van der Waals surface area (Å²) < 4.78 is 1.84. The fourth-order valence-electron chi connectivity index (χ4n) is 4.62. The van der Waals surface area contributed by atoms with Crippen LogP contribution in [0.3, 0.4) is 0 Å². The number of benzene rings is 1. The normalized spacial score (nSPS) is 19.6. The molecule has 0 saturated carbocycles. The smallest absolute Gasteiger partial charge is 0.256 e. The van der Waals surface area contributed by atoms with E-state index in [1.54, 1.807) is 12.5 Å². The lowest BCUT2D eigenvalue weighted by atomic mass is 9.84. The van der Waals surface area contributed by atoms with E-state index in [-0.39, 0.29) is 23.8 Å². The summed E-state index contributed by atoms with van der Waals surface area (Å²) >= 11 is 0. The molecule has 2 aromatic heterocycles. The van der Waals surface area contributed by atoms with Gasteiger partial charge in [-0.15, -0.1) is 0 Å². The highest BCUT2D eigenvalue weighted by Gasteiger charge is 2.35. The monoisotopic (exact) mass is 447 g/mol. The van der Waals surface area contributed by atoms with Crippen molar-refractivity contribution in [1.82, 2.24) is 19.6 Å². The molecule has 3 N–H and O–H groups in total. The van der Waals surface area contributed by atoms with Gasteiger partial charge in [-0.3, -0.25) is 9.59 Å². The third-order valence-electron chi connectivity index (χ3n) is 6.53. The van der Waals surface area contributed by atoms with Crippen LogP contribution in [0.1, 0.15) is 54.9 Å². The van der Waals surface area contributed by atoms with Crippen LogP contribution in [-0.4, -0.2) is 51.3 Å². The zero-order chi connectivity index (χ0) is 23.4. The third kappa shape index (κ3) is 5.25. The van der Waals surface area contributed by atoms with Crippen LogP contribution in [0.15, 0.2) is 61.2 Å². The second-order valence-electron chi connectivity index (χ2n) is 9.36. The minimum absolute atomic E-state index is 0.0454. The van der Waals surface area contributed by atoms with Crippen LogP contribution < -0.4 is 11.1 Å². The van der Waals surface area contributed by atoms with Crippen LogP contribution >= 0.6 is 0 Å². The number of carbonyl (C=O) groups is 2. The van der Waals surface area contributed by atoms with Crippen molar-refractivity contribution >= 4 is 17.3 Å². The lowest BCUT2D eigenvalue weighted by molar-refractivity contribution is -0.123. The minimum atomic E-state index is -0.546. The molecule has 1 aliphatic heterocycles. The van der Waals surface area contributed by atoms with Gasteiger partial charge in [-0.25, -0.2) is 4.98 Å². The van der Waals surface area contributed by atoms with Gasteiger partial charge in [0.05, 0.1) is 35.7 Å². The Hall–Kier alpha value is -3.19. The van der Waals surface area contributed by atoms with E-state index in [9.17, 15) is 9.59 Å². The third-order valence-corrected chi connectivity index (χ3v) is 6.53. The summed E-state index contributed by atoms with van der Waals surface area (Å²) in [6.07, 6.45) is 7.60. The molecule has 7 nitrogen and oxygen atoms in total. The van der Waals surface area contributed by atoms with Gasteiger partial charge in [0, 0.05) is 25.2 Å².